The average molecular weight is 298 g/mol. The van der Waals surface area contributed by atoms with Gasteiger partial charge < -0.3 is 24.7 Å². The third-order valence-electron chi connectivity index (χ3n) is 3.19. The van der Waals surface area contributed by atoms with Crippen LogP contribution in [-0.4, -0.2) is 24.6 Å². The number of hydrogen-bond acceptors (Lipinski definition) is 5. The lowest BCUT2D eigenvalue weighted by Gasteiger charge is -2.25. The summed E-state index contributed by atoms with van der Waals surface area (Å²) >= 11 is 0. The van der Waals surface area contributed by atoms with Crippen molar-refractivity contribution in [2.75, 3.05) is 11.9 Å². The van der Waals surface area contributed by atoms with Gasteiger partial charge >= 0.3 is 0 Å². The maximum atomic E-state index is 12.2. The fourth-order valence-corrected chi connectivity index (χ4v) is 2.06. The van der Waals surface area contributed by atoms with E-state index in [1.165, 1.54) is 24.3 Å². The van der Waals surface area contributed by atoms with Crippen molar-refractivity contribution in [2.24, 2.45) is 0 Å². The van der Waals surface area contributed by atoms with Crippen LogP contribution in [0.3, 0.4) is 0 Å². The molecule has 1 N–H and O–H groups in total. The van der Waals surface area contributed by atoms with Gasteiger partial charge in [-0.1, -0.05) is 24.3 Å². The molecule has 22 heavy (non-hydrogen) atoms. The van der Waals surface area contributed by atoms with E-state index in [1.54, 1.807) is 18.2 Å². The molecular formula is C16H12NO5-. The number of ether oxygens (including phenoxy) is 2. The van der Waals surface area contributed by atoms with Crippen molar-refractivity contribution in [3.8, 4) is 11.5 Å². The quantitative estimate of drug-likeness (QED) is 0.906. The highest BCUT2D eigenvalue weighted by Gasteiger charge is 2.27. The number of benzene rings is 2. The lowest BCUT2D eigenvalue weighted by molar-refractivity contribution is -0.255. The third-order valence-corrected chi connectivity index (χ3v) is 3.19. The molecule has 0 unspecified atom stereocenters. The number of aromatic carboxylic acids is 1. The second-order valence-corrected chi connectivity index (χ2v) is 4.72. The molecule has 0 aromatic heterocycles. The van der Waals surface area contributed by atoms with Crippen LogP contribution in [-0.2, 0) is 4.79 Å². The summed E-state index contributed by atoms with van der Waals surface area (Å²) in [5.74, 6) is -0.514. The number of carboxylic acids is 1. The van der Waals surface area contributed by atoms with Crippen LogP contribution >= 0.6 is 0 Å². The molecule has 6 heteroatoms. The van der Waals surface area contributed by atoms with E-state index in [4.69, 9.17) is 9.47 Å². The number of fused-ring (bicyclic) bond motifs is 1. The summed E-state index contributed by atoms with van der Waals surface area (Å²) in [5.41, 5.74) is 0.515. The van der Waals surface area contributed by atoms with E-state index >= 15 is 0 Å². The van der Waals surface area contributed by atoms with Crippen molar-refractivity contribution in [2.45, 2.75) is 6.10 Å². The first-order chi connectivity index (χ1) is 10.6. The molecule has 1 amide bonds. The second-order valence-electron chi connectivity index (χ2n) is 4.72. The summed E-state index contributed by atoms with van der Waals surface area (Å²) < 4.78 is 11.1. The highest BCUT2D eigenvalue weighted by molar-refractivity contribution is 5.95. The Hall–Kier alpha value is -3.02. The molecule has 1 aliphatic heterocycles. The van der Waals surface area contributed by atoms with Gasteiger partial charge in [0.25, 0.3) is 5.91 Å². The van der Waals surface area contributed by atoms with Crippen LogP contribution < -0.4 is 19.9 Å². The first-order valence-corrected chi connectivity index (χ1v) is 6.64. The van der Waals surface area contributed by atoms with Gasteiger partial charge in [0.05, 0.1) is 5.97 Å². The van der Waals surface area contributed by atoms with Crippen molar-refractivity contribution in [3.63, 3.8) is 0 Å². The van der Waals surface area contributed by atoms with Gasteiger partial charge in [0.15, 0.2) is 11.5 Å². The predicted octanol–water partition coefficient (Wildman–Crippen LogP) is 0.829. The van der Waals surface area contributed by atoms with Crippen molar-refractivity contribution in [1.82, 2.24) is 0 Å². The molecule has 0 radical (unpaired) electrons. The fraction of sp³-hybridized carbons (Fsp3) is 0.125. The molecule has 1 atom stereocenters. The van der Waals surface area contributed by atoms with Gasteiger partial charge in [-0.3, -0.25) is 4.79 Å². The molecular weight excluding hydrogens is 286 g/mol. The Bertz CT molecular complexity index is 711. The minimum Gasteiger partial charge on any atom is -0.545 e. The molecule has 2 aromatic rings. The molecule has 0 saturated carbocycles. The van der Waals surface area contributed by atoms with E-state index in [9.17, 15) is 14.7 Å². The third kappa shape index (κ3) is 2.85. The number of carbonyl (C=O) groups is 2. The summed E-state index contributed by atoms with van der Waals surface area (Å²) in [6, 6.07) is 12.8. The van der Waals surface area contributed by atoms with E-state index < -0.39 is 12.1 Å². The van der Waals surface area contributed by atoms with E-state index in [0.717, 1.165) is 0 Å². The number of anilines is 1. The molecule has 2 aromatic carbocycles. The van der Waals surface area contributed by atoms with Gasteiger partial charge in [-0.15, -0.1) is 0 Å². The number of amides is 1. The first-order valence-electron chi connectivity index (χ1n) is 6.64. The van der Waals surface area contributed by atoms with Crippen molar-refractivity contribution >= 4 is 17.6 Å². The van der Waals surface area contributed by atoms with E-state index in [2.05, 4.69) is 5.32 Å². The lowest BCUT2D eigenvalue weighted by Crippen LogP contribution is -2.40. The molecule has 1 aliphatic rings. The monoisotopic (exact) mass is 298 g/mol. The molecule has 6 nitrogen and oxygen atoms in total. The lowest BCUT2D eigenvalue weighted by atomic mass is 10.2. The minimum atomic E-state index is -1.27. The number of carboxylic acid groups (broad SMARTS) is 1. The molecule has 1 heterocycles. The average Bonchev–Trinajstić information content (AvgIpc) is 2.55. The van der Waals surface area contributed by atoms with Crippen molar-refractivity contribution in [3.05, 3.63) is 54.1 Å². The van der Waals surface area contributed by atoms with Crippen molar-refractivity contribution in [1.29, 1.82) is 0 Å². The maximum Gasteiger partial charge on any atom is 0.269 e. The summed E-state index contributed by atoms with van der Waals surface area (Å²) in [5, 5.41) is 13.3. The minimum absolute atomic E-state index is 0.0455. The van der Waals surface area contributed by atoms with Crippen LogP contribution in [0.25, 0.3) is 0 Å². The Labute approximate surface area is 126 Å². The Morgan fingerprint density at radius 2 is 1.73 bits per heavy atom. The Kier molecular flexibility index (Phi) is 3.65. The first kappa shape index (κ1) is 13.9. The normalized spacial score (nSPS) is 15.9. The van der Waals surface area contributed by atoms with Crippen LogP contribution in [0.2, 0.25) is 0 Å². The Morgan fingerprint density at radius 1 is 1.05 bits per heavy atom. The number of carbonyl (C=O) groups excluding carboxylic acids is 2. The standard InChI is InChI=1S/C16H13NO5/c18-15(17-11-7-5-10(6-8-11)16(19)20)14-9-21-12-3-1-2-4-13(12)22-14/h1-8,14H,9H2,(H,17,18)(H,19,20)/p-1/t14-/m0/s1. The van der Waals surface area contributed by atoms with E-state index in [1.807, 2.05) is 6.07 Å². The predicted molar refractivity (Wildman–Crippen MR) is 75.8 cm³/mol. The summed E-state index contributed by atoms with van der Waals surface area (Å²) in [6.45, 7) is 0.111. The maximum absolute atomic E-state index is 12.2. The molecule has 112 valence electrons. The van der Waals surface area contributed by atoms with Crippen molar-refractivity contribution < 1.29 is 24.2 Å². The zero-order valence-corrected chi connectivity index (χ0v) is 11.4. The summed E-state index contributed by atoms with van der Waals surface area (Å²) in [7, 11) is 0. The fourth-order valence-electron chi connectivity index (χ4n) is 2.06. The van der Waals surface area contributed by atoms with Crippen LogP contribution in [0.4, 0.5) is 5.69 Å². The Balaban J connectivity index is 1.66. The second kappa shape index (κ2) is 5.77. The van der Waals surface area contributed by atoms with Gasteiger partial charge in [-0.25, -0.2) is 0 Å². The molecule has 0 bridgehead atoms. The van der Waals surface area contributed by atoms with Gasteiger partial charge in [0.2, 0.25) is 6.10 Å². The summed E-state index contributed by atoms with van der Waals surface area (Å²) in [4.78, 5) is 22.8. The Morgan fingerprint density at radius 3 is 2.41 bits per heavy atom. The molecule has 0 fully saturated rings. The molecule has 0 saturated heterocycles. The van der Waals surface area contributed by atoms with Gasteiger partial charge in [-0.05, 0) is 29.8 Å². The number of nitrogens with one attached hydrogen (secondary N) is 1. The van der Waals surface area contributed by atoms with Gasteiger partial charge in [-0.2, -0.15) is 0 Å². The van der Waals surface area contributed by atoms with Gasteiger partial charge in [0, 0.05) is 5.69 Å². The zero-order valence-electron chi connectivity index (χ0n) is 11.4. The molecule has 0 spiro atoms. The van der Waals surface area contributed by atoms with Crippen LogP contribution in [0.15, 0.2) is 48.5 Å². The number of rotatable bonds is 3. The van der Waals surface area contributed by atoms with E-state index in [0.29, 0.717) is 17.2 Å². The van der Waals surface area contributed by atoms with Gasteiger partial charge in [0.1, 0.15) is 6.61 Å². The highest BCUT2D eigenvalue weighted by atomic mass is 16.6. The van der Waals surface area contributed by atoms with Crippen LogP contribution in [0, 0.1) is 0 Å². The van der Waals surface area contributed by atoms with Crippen LogP contribution in [0.5, 0.6) is 11.5 Å². The largest absolute Gasteiger partial charge is 0.545 e. The van der Waals surface area contributed by atoms with E-state index in [-0.39, 0.29) is 18.1 Å². The SMILES string of the molecule is O=C([O-])c1ccc(NC(=O)[C@@H]2COc3ccccc3O2)cc1. The molecule has 3 rings (SSSR count). The number of para-hydroxylation sites is 2. The summed E-state index contributed by atoms with van der Waals surface area (Å²) in [6.07, 6.45) is -0.768. The highest BCUT2D eigenvalue weighted by Crippen LogP contribution is 2.31. The zero-order chi connectivity index (χ0) is 15.5. The topological polar surface area (TPSA) is 87.7 Å². The van der Waals surface area contributed by atoms with Crippen LogP contribution in [0.1, 0.15) is 10.4 Å². The number of hydrogen-bond donors (Lipinski definition) is 1. The smallest absolute Gasteiger partial charge is 0.269 e. The molecule has 0 aliphatic carbocycles.